The van der Waals surface area contributed by atoms with Gasteiger partial charge in [0.25, 0.3) is 0 Å². The van der Waals surface area contributed by atoms with Crippen molar-refractivity contribution < 1.29 is 63.0 Å². The standard InChI is InChI=1S/C67H96N16O13/c1-36(2)32-51-64(93)77-46(21-27-69)58(87)76-49(24-30-72)63(92)82-56(37(3)84)66(95)73-31-25-50(61(90)75-47(22-28-70)60(89)81-52(65(94)80-51)35-39-10-6-5-7-11-39)78-59(88)48(23-29-71)79-67(96)57(38(4)85)83-62(91)45(20-26-68)74-53(86)15-8-12-40-33-43-18-16-41-13-9-14-42-17-19-44(34-40)55(43)54(41)42/h5-7,9-11,13-14,16-19,33-34,36-38,45-52,56-57,84-85H,8,12,15,20-32,35,68-72H2,1-4H3,(H,73,95)(H,74,86)(H,75,90)(H,76,87)(H,77,93)(H,78,88)(H,79,96)(H,80,94)(H,81,89)(H,82,92)(H,83,91)/t37-,38-,45+,46+,47+,48+,49+,50+,51+,52-,56+,57+/m1/s1. The molecule has 0 saturated carbocycles. The number of aryl methyl sites for hydroxylation is 1. The van der Waals surface area contributed by atoms with Crippen LogP contribution >= 0.6 is 0 Å². The fraction of sp³-hybridized carbons (Fsp3) is 0.507. The van der Waals surface area contributed by atoms with Crippen LogP contribution in [-0.4, -0.2) is 187 Å². The summed E-state index contributed by atoms with van der Waals surface area (Å²) in [6.07, 6.45) is -3.62. The predicted molar refractivity (Wildman–Crippen MR) is 361 cm³/mol. The quantitative estimate of drug-likeness (QED) is 0.0234. The zero-order chi connectivity index (χ0) is 70.2. The van der Waals surface area contributed by atoms with Crippen LogP contribution in [0, 0.1) is 5.92 Å². The SMILES string of the molecule is CC(C)C[C@@H]1NC(=O)[C@@H](Cc2ccccc2)NC(=O)[C@H](CCN)NC(=O)[C@@H](NC(=O)[C@H](CCN)NC(=O)[C@@H](NC(=O)[C@H](CCN)NC(=O)CCCc2cc3ccc4cccc5ccc(c2)c3c45)[C@@H](C)O)CCNC(=O)[C@H]([C@@H](C)O)NC(=O)[C@H](CCN)NC(=O)[C@H](CCN)NC1=O. The lowest BCUT2D eigenvalue weighted by molar-refractivity contribution is -0.137. The summed E-state index contributed by atoms with van der Waals surface area (Å²) in [6, 6.07) is 12.3. The number of carbonyl (C=O) groups is 11. The minimum atomic E-state index is -1.74. The van der Waals surface area contributed by atoms with Gasteiger partial charge in [-0.1, -0.05) is 98.8 Å². The van der Waals surface area contributed by atoms with E-state index in [1.807, 2.05) is 6.07 Å². The van der Waals surface area contributed by atoms with Crippen LogP contribution in [-0.2, 0) is 65.6 Å². The molecule has 522 valence electrons. The molecule has 0 spiro atoms. The van der Waals surface area contributed by atoms with E-state index in [-0.39, 0.29) is 90.0 Å². The first-order valence-electron chi connectivity index (χ1n) is 32.8. The molecular weight excluding hydrogens is 1240 g/mol. The maximum Gasteiger partial charge on any atom is 0.245 e. The highest BCUT2D eigenvalue weighted by Crippen LogP contribution is 2.35. The van der Waals surface area contributed by atoms with Crippen molar-refractivity contribution in [2.24, 2.45) is 34.6 Å². The topological polar surface area (TPSA) is 491 Å². The highest BCUT2D eigenvalue weighted by atomic mass is 16.3. The number of amides is 11. The monoisotopic (exact) mass is 1330 g/mol. The Morgan fingerprint density at radius 3 is 1.53 bits per heavy atom. The molecule has 96 heavy (non-hydrogen) atoms. The molecule has 29 nitrogen and oxygen atoms in total. The Bertz CT molecular complexity index is 3420. The molecule has 1 fully saturated rings. The van der Waals surface area contributed by atoms with E-state index in [1.165, 1.54) is 19.2 Å². The molecule has 0 unspecified atom stereocenters. The average molecular weight is 1330 g/mol. The van der Waals surface area contributed by atoms with Gasteiger partial charge in [0.05, 0.1) is 12.2 Å². The van der Waals surface area contributed by atoms with Crippen LogP contribution in [0.3, 0.4) is 0 Å². The first kappa shape index (κ1) is 76.1. The molecule has 29 heteroatoms. The lowest BCUT2D eigenvalue weighted by atomic mass is 9.92. The van der Waals surface area contributed by atoms with Crippen LogP contribution in [0.1, 0.15) is 96.6 Å². The molecule has 11 amide bonds. The van der Waals surface area contributed by atoms with Crippen LogP contribution in [0.4, 0.5) is 0 Å². The first-order valence-corrected chi connectivity index (χ1v) is 32.8. The van der Waals surface area contributed by atoms with Crippen LogP contribution in [0.2, 0.25) is 0 Å². The molecule has 1 heterocycles. The van der Waals surface area contributed by atoms with Crippen molar-refractivity contribution in [3.63, 3.8) is 0 Å². The van der Waals surface area contributed by atoms with Crippen LogP contribution in [0.25, 0.3) is 32.3 Å². The molecule has 5 aromatic rings. The molecule has 1 saturated heterocycles. The van der Waals surface area contributed by atoms with E-state index >= 15 is 0 Å². The van der Waals surface area contributed by atoms with Gasteiger partial charge in [0.2, 0.25) is 65.0 Å². The van der Waals surface area contributed by atoms with Gasteiger partial charge in [-0.05, 0) is 154 Å². The van der Waals surface area contributed by atoms with Crippen molar-refractivity contribution in [3.8, 4) is 0 Å². The van der Waals surface area contributed by atoms with Gasteiger partial charge in [0.1, 0.15) is 60.4 Å². The number of aliphatic hydroxyl groups excluding tert-OH is 2. The van der Waals surface area contributed by atoms with Gasteiger partial charge in [0.15, 0.2) is 0 Å². The lowest BCUT2D eigenvalue weighted by Gasteiger charge is -2.29. The number of benzene rings is 5. The molecule has 23 N–H and O–H groups in total. The molecule has 0 aromatic heterocycles. The minimum Gasteiger partial charge on any atom is -0.391 e. The number of nitrogens with one attached hydrogen (secondary N) is 11. The number of hydrogen-bond acceptors (Lipinski definition) is 18. The summed E-state index contributed by atoms with van der Waals surface area (Å²) in [4.78, 5) is 156. The third-order valence-electron chi connectivity index (χ3n) is 16.6. The molecule has 1 aliphatic rings. The van der Waals surface area contributed by atoms with Gasteiger partial charge in [-0.3, -0.25) is 52.7 Å². The van der Waals surface area contributed by atoms with Gasteiger partial charge in [0, 0.05) is 19.4 Å². The summed E-state index contributed by atoms with van der Waals surface area (Å²) in [5.74, 6) is -10.1. The van der Waals surface area contributed by atoms with Gasteiger partial charge < -0.3 is 97.4 Å². The van der Waals surface area contributed by atoms with Gasteiger partial charge in [-0.15, -0.1) is 0 Å². The van der Waals surface area contributed by atoms with Crippen molar-refractivity contribution in [3.05, 3.63) is 96.1 Å². The van der Waals surface area contributed by atoms with Gasteiger partial charge in [-0.2, -0.15) is 0 Å². The summed E-state index contributed by atoms with van der Waals surface area (Å²) >= 11 is 0. The van der Waals surface area contributed by atoms with E-state index < -0.39 is 151 Å². The van der Waals surface area contributed by atoms with E-state index in [1.54, 1.807) is 44.2 Å². The summed E-state index contributed by atoms with van der Waals surface area (Å²) in [6.45, 7) is 4.74. The van der Waals surface area contributed by atoms with Gasteiger partial charge >= 0.3 is 0 Å². The number of rotatable bonds is 27. The Morgan fingerprint density at radius 1 is 0.510 bits per heavy atom. The Hall–Kier alpha value is -8.97. The number of hydrogen-bond donors (Lipinski definition) is 18. The molecule has 12 atom stereocenters. The Kier molecular flexibility index (Phi) is 29.6. The van der Waals surface area contributed by atoms with Crippen LogP contribution in [0.5, 0.6) is 0 Å². The van der Waals surface area contributed by atoms with Gasteiger partial charge in [-0.25, -0.2) is 0 Å². The number of carbonyl (C=O) groups excluding carboxylic acids is 11. The van der Waals surface area contributed by atoms with Crippen LogP contribution < -0.4 is 87.2 Å². The van der Waals surface area contributed by atoms with E-state index in [0.29, 0.717) is 18.4 Å². The van der Waals surface area contributed by atoms with Crippen molar-refractivity contribution in [2.75, 3.05) is 39.3 Å². The predicted octanol–water partition coefficient (Wildman–Crippen LogP) is -2.93. The van der Waals surface area contributed by atoms with E-state index in [2.05, 4.69) is 107 Å². The second-order valence-electron chi connectivity index (χ2n) is 24.8. The average Bonchev–Trinajstić information content (AvgIpc) is 0.747. The third kappa shape index (κ3) is 21.8. The molecule has 5 aromatic carbocycles. The molecule has 6 rings (SSSR count). The maximum absolute atomic E-state index is 14.7. The Morgan fingerprint density at radius 2 is 1.00 bits per heavy atom. The molecule has 0 aliphatic carbocycles. The number of nitrogens with two attached hydrogens (primary N) is 5. The van der Waals surface area contributed by atoms with Crippen molar-refractivity contribution >= 4 is 97.3 Å². The minimum absolute atomic E-state index is 0.0343. The Balaban J connectivity index is 1.22. The van der Waals surface area contributed by atoms with E-state index in [0.717, 1.165) is 32.5 Å². The highest BCUT2D eigenvalue weighted by Gasteiger charge is 2.38. The van der Waals surface area contributed by atoms with Crippen molar-refractivity contribution in [1.82, 2.24) is 58.5 Å². The zero-order valence-corrected chi connectivity index (χ0v) is 54.9. The molecule has 0 radical (unpaired) electrons. The smallest absolute Gasteiger partial charge is 0.245 e. The van der Waals surface area contributed by atoms with E-state index in [9.17, 15) is 63.0 Å². The Labute approximate surface area is 557 Å². The summed E-state index contributed by atoms with van der Waals surface area (Å²) in [5.41, 5.74) is 31.2. The normalized spacial score (nSPS) is 21.5. The van der Waals surface area contributed by atoms with E-state index in [4.69, 9.17) is 28.7 Å². The second kappa shape index (κ2) is 37.4. The largest absolute Gasteiger partial charge is 0.391 e. The molecule has 0 bridgehead atoms. The lowest BCUT2D eigenvalue weighted by Crippen LogP contribution is -2.62. The first-order chi connectivity index (χ1) is 45.9. The second-order valence-corrected chi connectivity index (χ2v) is 24.8. The maximum atomic E-state index is 14.7. The molecule has 1 aliphatic heterocycles. The summed E-state index contributed by atoms with van der Waals surface area (Å²) < 4.78 is 0. The van der Waals surface area contributed by atoms with Crippen molar-refractivity contribution in [1.29, 1.82) is 0 Å². The fourth-order valence-corrected chi connectivity index (χ4v) is 11.6. The fourth-order valence-electron chi connectivity index (χ4n) is 11.6. The summed E-state index contributed by atoms with van der Waals surface area (Å²) in [5, 5.41) is 56.9. The van der Waals surface area contributed by atoms with Crippen LogP contribution in [0.15, 0.2) is 84.9 Å². The third-order valence-corrected chi connectivity index (χ3v) is 16.6. The number of aliphatic hydroxyl groups is 2. The summed E-state index contributed by atoms with van der Waals surface area (Å²) in [7, 11) is 0. The van der Waals surface area contributed by atoms with Crippen molar-refractivity contribution in [2.45, 2.75) is 171 Å². The molecular formula is C67H96N16O13. The zero-order valence-electron chi connectivity index (χ0n) is 54.9. The highest BCUT2D eigenvalue weighted by molar-refractivity contribution is 6.23.